The molecule has 0 saturated heterocycles. The van der Waals surface area contributed by atoms with Gasteiger partial charge in [0.2, 0.25) is 0 Å². The summed E-state index contributed by atoms with van der Waals surface area (Å²) in [6.07, 6.45) is 1.20. The molecule has 1 aliphatic heterocycles. The quantitative estimate of drug-likeness (QED) is 0.362. The molecule has 0 bridgehead atoms. The fourth-order valence-corrected chi connectivity index (χ4v) is 4.40. The molecule has 2 heterocycles. The minimum absolute atomic E-state index is 0.139. The number of ketones is 1. The van der Waals surface area contributed by atoms with Crippen LogP contribution in [0.3, 0.4) is 0 Å². The van der Waals surface area contributed by atoms with E-state index < -0.39 is 0 Å². The zero-order valence-corrected chi connectivity index (χ0v) is 18.6. The molecule has 1 aliphatic rings. The van der Waals surface area contributed by atoms with Crippen LogP contribution in [0.1, 0.15) is 28.0 Å². The largest absolute Gasteiger partial charge is 0.339 e. The molecule has 160 valence electrons. The third-order valence-electron chi connectivity index (χ3n) is 5.93. The molecule has 32 heavy (non-hydrogen) atoms. The van der Waals surface area contributed by atoms with Gasteiger partial charge in [0.05, 0.1) is 23.6 Å². The first-order chi connectivity index (χ1) is 15.6. The molecular formula is C26H23ClN4O. The molecule has 0 radical (unpaired) electrons. The molecule has 0 N–H and O–H groups in total. The van der Waals surface area contributed by atoms with Crippen molar-refractivity contribution in [3.05, 3.63) is 94.6 Å². The average molecular weight is 443 g/mol. The number of aromatic nitrogens is 3. The molecule has 0 aliphatic carbocycles. The van der Waals surface area contributed by atoms with Gasteiger partial charge in [0.25, 0.3) is 0 Å². The Kier molecular flexibility index (Phi) is 5.50. The highest BCUT2D eigenvalue weighted by molar-refractivity contribution is 6.30. The van der Waals surface area contributed by atoms with E-state index in [1.54, 1.807) is 0 Å². The van der Waals surface area contributed by atoms with Gasteiger partial charge in [0.1, 0.15) is 0 Å². The lowest BCUT2D eigenvalue weighted by Gasteiger charge is -2.25. The van der Waals surface area contributed by atoms with E-state index in [1.165, 1.54) is 5.56 Å². The molecule has 0 saturated carbocycles. The van der Waals surface area contributed by atoms with Gasteiger partial charge in [0, 0.05) is 34.8 Å². The molecular weight excluding hydrogens is 420 g/mol. The van der Waals surface area contributed by atoms with Gasteiger partial charge in [-0.2, -0.15) is 0 Å². The van der Waals surface area contributed by atoms with Crippen LogP contribution in [0, 0.1) is 6.92 Å². The van der Waals surface area contributed by atoms with Crippen molar-refractivity contribution in [1.29, 1.82) is 0 Å². The summed E-state index contributed by atoms with van der Waals surface area (Å²) in [7, 11) is 0. The summed E-state index contributed by atoms with van der Waals surface area (Å²) < 4.78 is 1.95. The first-order valence-electron chi connectivity index (χ1n) is 10.7. The molecule has 0 unspecified atom stereocenters. The molecule has 4 aromatic rings. The Labute approximate surface area is 192 Å². The Morgan fingerprint density at radius 1 is 1.00 bits per heavy atom. The van der Waals surface area contributed by atoms with Crippen molar-refractivity contribution in [3.8, 4) is 11.3 Å². The Balaban J connectivity index is 1.53. The molecule has 0 spiro atoms. The first-order valence-corrected chi connectivity index (χ1v) is 11.1. The van der Waals surface area contributed by atoms with Crippen LogP contribution < -0.4 is 4.90 Å². The number of carbonyl (C=O) groups excluding carboxylic acids is 1. The van der Waals surface area contributed by atoms with Crippen LogP contribution in [0.25, 0.3) is 11.3 Å². The molecule has 0 fully saturated rings. The first kappa shape index (κ1) is 20.5. The standard InChI is InChI=1S/C26H23ClN4O/c1-18-26-23-13-8-20(25(32)14-7-19-5-3-2-4-6-19)17-24(23)30(15-16-31(26)29-28-18)22-11-9-21(27)10-12-22/h2-6,8-13,17H,7,14-16H2,1H3. The number of benzene rings is 3. The number of aryl methyl sites for hydroxylation is 2. The maximum absolute atomic E-state index is 13.1. The van der Waals surface area contributed by atoms with Gasteiger partial charge in [-0.3, -0.25) is 4.79 Å². The Morgan fingerprint density at radius 2 is 1.78 bits per heavy atom. The normalized spacial score (nSPS) is 12.8. The molecule has 0 amide bonds. The number of halogens is 1. The summed E-state index contributed by atoms with van der Waals surface area (Å²) in [6, 6.07) is 23.9. The van der Waals surface area contributed by atoms with Crippen molar-refractivity contribution in [3.63, 3.8) is 0 Å². The van der Waals surface area contributed by atoms with E-state index in [-0.39, 0.29) is 5.78 Å². The molecule has 0 atom stereocenters. The second-order valence-corrected chi connectivity index (χ2v) is 8.45. The minimum Gasteiger partial charge on any atom is -0.339 e. The van der Waals surface area contributed by atoms with Crippen molar-refractivity contribution >= 4 is 28.8 Å². The highest BCUT2D eigenvalue weighted by Gasteiger charge is 2.25. The third-order valence-corrected chi connectivity index (χ3v) is 6.18. The van der Waals surface area contributed by atoms with Crippen LogP contribution in [0.5, 0.6) is 0 Å². The summed E-state index contributed by atoms with van der Waals surface area (Å²) >= 11 is 6.13. The van der Waals surface area contributed by atoms with Crippen molar-refractivity contribution in [2.75, 3.05) is 11.4 Å². The van der Waals surface area contributed by atoms with Crippen LogP contribution in [0.4, 0.5) is 11.4 Å². The van der Waals surface area contributed by atoms with E-state index in [9.17, 15) is 4.79 Å². The number of fused-ring (bicyclic) bond motifs is 3. The topological polar surface area (TPSA) is 51.0 Å². The van der Waals surface area contributed by atoms with Crippen LogP contribution in [-0.2, 0) is 13.0 Å². The summed E-state index contributed by atoms with van der Waals surface area (Å²) in [4.78, 5) is 15.3. The number of nitrogens with zero attached hydrogens (tertiary/aromatic N) is 4. The summed E-state index contributed by atoms with van der Waals surface area (Å²) in [5.74, 6) is 0.139. The highest BCUT2D eigenvalue weighted by Crippen LogP contribution is 2.39. The van der Waals surface area contributed by atoms with Crippen molar-refractivity contribution in [1.82, 2.24) is 15.0 Å². The molecule has 6 heteroatoms. The SMILES string of the molecule is Cc1nnn2c1-c1ccc(C(=O)CCc3ccccc3)cc1N(c1ccc(Cl)cc1)CC2. The van der Waals surface area contributed by atoms with Gasteiger partial charge in [-0.25, -0.2) is 4.68 Å². The van der Waals surface area contributed by atoms with Gasteiger partial charge in [-0.05, 0) is 55.3 Å². The van der Waals surface area contributed by atoms with Gasteiger partial charge < -0.3 is 4.90 Å². The fourth-order valence-electron chi connectivity index (χ4n) is 4.27. The zero-order valence-electron chi connectivity index (χ0n) is 17.8. The van der Waals surface area contributed by atoms with E-state index in [0.717, 1.165) is 40.3 Å². The highest BCUT2D eigenvalue weighted by atomic mass is 35.5. The van der Waals surface area contributed by atoms with E-state index >= 15 is 0 Å². The number of anilines is 2. The average Bonchev–Trinajstić information content (AvgIpc) is 3.10. The van der Waals surface area contributed by atoms with Crippen LogP contribution >= 0.6 is 11.6 Å². The zero-order chi connectivity index (χ0) is 22.1. The van der Waals surface area contributed by atoms with Gasteiger partial charge in [0.15, 0.2) is 5.78 Å². The summed E-state index contributed by atoms with van der Waals surface area (Å²) in [6.45, 7) is 3.39. The van der Waals surface area contributed by atoms with Gasteiger partial charge in [-0.15, -0.1) is 5.10 Å². The van der Waals surface area contributed by atoms with E-state index in [0.29, 0.717) is 24.5 Å². The van der Waals surface area contributed by atoms with E-state index in [1.807, 2.05) is 72.3 Å². The minimum atomic E-state index is 0.139. The summed E-state index contributed by atoms with van der Waals surface area (Å²) in [5, 5.41) is 9.30. The van der Waals surface area contributed by atoms with Crippen molar-refractivity contribution in [2.24, 2.45) is 0 Å². The van der Waals surface area contributed by atoms with E-state index in [2.05, 4.69) is 27.3 Å². The van der Waals surface area contributed by atoms with Gasteiger partial charge in [-0.1, -0.05) is 53.2 Å². The Morgan fingerprint density at radius 3 is 2.56 bits per heavy atom. The third kappa shape index (κ3) is 3.92. The number of carbonyl (C=O) groups is 1. The number of hydrogen-bond donors (Lipinski definition) is 0. The maximum Gasteiger partial charge on any atom is 0.163 e. The number of rotatable bonds is 5. The predicted octanol–water partition coefficient (Wildman–Crippen LogP) is 5.87. The maximum atomic E-state index is 13.1. The smallest absolute Gasteiger partial charge is 0.163 e. The van der Waals surface area contributed by atoms with Crippen LogP contribution in [-0.4, -0.2) is 27.3 Å². The Bertz CT molecular complexity index is 1260. The Hall–Kier alpha value is -3.44. The predicted molar refractivity (Wildman–Crippen MR) is 128 cm³/mol. The summed E-state index contributed by atoms with van der Waals surface area (Å²) in [5.41, 5.74) is 6.82. The number of hydrogen-bond acceptors (Lipinski definition) is 4. The molecule has 5 nitrogen and oxygen atoms in total. The van der Waals surface area contributed by atoms with Gasteiger partial charge >= 0.3 is 0 Å². The lowest BCUT2D eigenvalue weighted by molar-refractivity contribution is 0.0983. The van der Waals surface area contributed by atoms with Crippen LogP contribution in [0.2, 0.25) is 5.02 Å². The number of Topliss-reactive ketones (excluding diaryl/α,β-unsaturated/α-hetero) is 1. The molecule has 3 aromatic carbocycles. The second-order valence-electron chi connectivity index (χ2n) is 8.02. The van der Waals surface area contributed by atoms with Crippen molar-refractivity contribution in [2.45, 2.75) is 26.3 Å². The lowest BCUT2D eigenvalue weighted by atomic mass is 9.98. The molecule has 5 rings (SSSR count). The fraction of sp³-hybridized carbons (Fsp3) is 0.192. The monoisotopic (exact) mass is 442 g/mol. The van der Waals surface area contributed by atoms with Crippen LogP contribution in [0.15, 0.2) is 72.8 Å². The van der Waals surface area contributed by atoms with Crippen molar-refractivity contribution < 1.29 is 4.79 Å². The van der Waals surface area contributed by atoms with E-state index in [4.69, 9.17) is 11.6 Å². The molecule has 1 aromatic heterocycles. The lowest BCUT2D eigenvalue weighted by Crippen LogP contribution is -2.21. The second kappa shape index (κ2) is 8.60.